The number of hydrogen-bond acceptors (Lipinski definition) is 3. The molecule has 112 valence electrons. The quantitative estimate of drug-likeness (QED) is 0.520. The Bertz CT molecular complexity index is 862. The molecule has 0 radical (unpaired) electrons. The van der Waals surface area contributed by atoms with Crippen LogP contribution in [0.25, 0.3) is 16.6 Å². The van der Waals surface area contributed by atoms with Gasteiger partial charge in [-0.1, -0.05) is 48.5 Å². The minimum absolute atomic E-state index is 0.0635. The number of thioether (sulfide) groups is 1. The first-order valence-electron chi connectivity index (χ1n) is 7.11. The summed E-state index contributed by atoms with van der Waals surface area (Å²) in [7, 11) is 0. The molecule has 1 heterocycles. The SMILES string of the molecule is CCCSc1nc2cc(Cl)ccc2c(=O)n1-c1ccccc1. The molecule has 0 saturated heterocycles. The van der Waals surface area contributed by atoms with Crippen molar-refractivity contribution in [1.29, 1.82) is 0 Å². The van der Waals surface area contributed by atoms with E-state index in [0.29, 0.717) is 21.1 Å². The number of fused-ring (bicyclic) bond motifs is 1. The summed E-state index contributed by atoms with van der Waals surface area (Å²) < 4.78 is 1.68. The highest BCUT2D eigenvalue weighted by Crippen LogP contribution is 2.23. The summed E-state index contributed by atoms with van der Waals surface area (Å²) in [5.41, 5.74) is 1.41. The standard InChI is InChI=1S/C17H15ClN2OS/c1-2-10-22-17-19-15-11-12(18)8-9-14(15)16(21)20(17)13-6-4-3-5-7-13/h3-9,11H,2,10H2,1H3. The molecule has 0 amide bonds. The van der Waals surface area contributed by atoms with Crippen LogP contribution in [0.15, 0.2) is 58.5 Å². The Morgan fingerprint density at radius 2 is 1.95 bits per heavy atom. The average Bonchev–Trinajstić information content (AvgIpc) is 2.53. The van der Waals surface area contributed by atoms with Crippen LogP contribution in [0.3, 0.4) is 0 Å². The van der Waals surface area contributed by atoms with E-state index in [1.807, 2.05) is 30.3 Å². The van der Waals surface area contributed by atoms with E-state index >= 15 is 0 Å². The van der Waals surface area contributed by atoms with Crippen molar-refractivity contribution in [3.05, 3.63) is 63.9 Å². The lowest BCUT2D eigenvalue weighted by atomic mass is 10.2. The van der Waals surface area contributed by atoms with E-state index in [9.17, 15) is 4.79 Å². The normalized spacial score (nSPS) is 11.0. The van der Waals surface area contributed by atoms with Gasteiger partial charge in [-0.05, 0) is 36.8 Å². The van der Waals surface area contributed by atoms with Crippen molar-refractivity contribution in [1.82, 2.24) is 9.55 Å². The molecule has 2 aromatic carbocycles. The topological polar surface area (TPSA) is 34.9 Å². The first-order valence-corrected chi connectivity index (χ1v) is 8.47. The molecule has 3 aromatic rings. The third-order valence-corrected chi connectivity index (χ3v) is 4.63. The minimum Gasteiger partial charge on any atom is -0.268 e. The van der Waals surface area contributed by atoms with Crippen molar-refractivity contribution < 1.29 is 0 Å². The molecule has 22 heavy (non-hydrogen) atoms. The van der Waals surface area contributed by atoms with Gasteiger partial charge in [-0.2, -0.15) is 0 Å². The highest BCUT2D eigenvalue weighted by atomic mass is 35.5. The molecule has 0 unspecified atom stereocenters. The number of nitrogens with zero attached hydrogens (tertiary/aromatic N) is 2. The minimum atomic E-state index is -0.0635. The van der Waals surface area contributed by atoms with Gasteiger partial charge in [0, 0.05) is 10.8 Å². The molecule has 5 heteroatoms. The molecule has 3 rings (SSSR count). The Morgan fingerprint density at radius 1 is 1.18 bits per heavy atom. The summed E-state index contributed by atoms with van der Waals surface area (Å²) in [6.45, 7) is 2.11. The first-order chi connectivity index (χ1) is 10.7. The van der Waals surface area contributed by atoms with E-state index in [4.69, 9.17) is 11.6 Å². The summed E-state index contributed by atoms with van der Waals surface area (Å²) in [5.74, 6) is 0.908. The number of rotatable bonds is 4. The van der Waals surface area contributed by atoms with E-state index in [2.05, 4.69) is 11.9 Å². The zero-order valence-electron chi connectivity index (χ0n) is 12.1. The van der Waals surface area contributed by atoms with Crippen LogP contribution in [-0.4, -0.2) is 15.3 Å². The van der Waals surface area contributed by atoms with Crippen LogP contribution in [0.2, 0.25) is 5.02 Å². The summed E-state index contributed by atoms with van der Waals surface area (Å²) in [6, 6.07) is 14.8. The largest absolute Gasteiger partial charge is 0.268 e. The summed E-state index contributed by atoms with van der Waals surface area (Å²) >= 11 is 7.61. The van der Waals surface area contributed by atoms with Gasteiger partial charge in [0.05, 0.1) is 16.6 Å². The summed E-state index contributed by atoms with van der Waals surface area (Å²) in [6.07, 6.45) is 1.02. The third kappa shape index (κ3) is 2.89. The van der Waals surface area contributed by atoms with E-state index in [0.717, 1.165) is 17.9 Å². The van der Waals surface area contributed by atoms with E-state index < -0.39 is 0 Å². The zero-order chi connectivity index (χ0) is 15.5. The average molecular weight is 331 g/mol. The molecule has 0 saturated carbocycles. The highest BCUT2D eigenvalue weighted by Gasteiger charge is 2.13. The molecule has 0 aliphatic rings. The van der Waals surface area contributed by atoms with Crippen molar-refractivity contribution in [2.75, 3.05) is 5.75 Å². The third-order valence-electron chi connectivity index (χ3n) is 3.25. The van der Waals surface area contributed by atoms with Crippen molar-refractivity contribution in [3.63, 3.8) is 0 Å². The van der Waals surface area contributed by atoms with Crippen LogP contribution in [-0.2, 0) is 0 Å². The van der Waals surface area contributed by atoms with Gasteiger partial charge in [0.1, 0.15) is 0 Å². The molecule has 0 fully saturated rings. The Balaban J connectivity index is 2.30. The smallest absolute Gasteiger partial charge is 0.266 e. The van der Waals surface area contributed by atoms with E-state index in [1.165, 1.54) is 0 Å². The van der Waals surface area contributed by atoms with Crippen molar-refractivity contribution in [2.24, 2.45) is 0 Å². The van der Waals surface area contributed by atoms with Crippen molar-refractivity contribution in [3.8, 4) is 5.69 Å². The van der Waals surface area contributed by atoms with Gasteiger partial charge < -0.3 is 0 Å². The van der Waals surface area contributed by atoms with Crippen molar-refractivity contribution >= 4 is 34.3 Å². The summed E-state index contributed by atoms with van der Waals surface area (Å²) in [5, 5.41) is 1.87. The van der Waals surface area contributed by atoms with Gasteiger partial charge in [0.25, 0.3) is 5.56 Å². The second-order valence-corrected chi connectivity index (χ2v) is 6.38. The Morgan fingerprint density at radius 3 is 2.68 bits per heavy atom. The zero-order valence-corrected chi connectivity index (χ0v) is 13.7. The number of para-hydroxylation sites is 1. The maximum atomic E-state index is 12.9. The molecule has 1 aromatic heterocycles. The number of hydrogen-bond donors (Lipinski definition) is 0. The molecule has 0 spiro atoms. The molecule has 3 nitrogen and oxygen atoms in total. The number of benzene rings is 2. The first kappa shape index (κ1) is 15.1. The monoisotopic (exact) mass is 330 g/mol. The molecule has 0 bridgehead atoms. The van der Waals surface area contributed by atoms with Gasteiger partial charge >= 0.3 is 0 Å². The number of aromatic nitrogens is 2. The van der Waals surface area contributed by atoms with Crippen LogP contribution in [0.5, 0.6) is 0 Å². The maximum Gasteiger partial charge on any atom is 0.266 e. The maximum absolute atomic E-state index is 12.9. The predicted octanol–water partition coefficient (Wildman–Crippen LogP) is 4.54. The van der Waals surface area contributed by atoms with Gasteiger partial charge in [-0.25, -0.2) is 4.98 Å². The Kier molecular flexibility index (Phi) is 4.50. The van der Waals surface area contributed by atoms with Gasteiger partial charge in [0.15, 0.2) is 5.16 Å². The summed E-state index contributed by atoms with van der Waals surface area (Å²) in [4.78, 5) is 17.5. The van der Waals surface area contributed by atoms with Crippen LogP contribution in [0.4, 0.5) is 0 Å². The second kappa shape index (κ2) is 6.55. The molecular formula is C17H15ClN2OS. The highest BCUT2D eigenvalue weighted by molar-refractivity contribution is 7.99. The van der Waals surface area contributed by atoms with Crippen LogP contribution < -0.4 is 5.56 Å². The van der Waals surface area contributed by atoms with Gasteiger partial charge in [-0.15, -0.1) is 0 Å². The van der Waals surface area contributed by atoms with Crippen molar-refractivity contribution in [2.45, 2.75) is 18.5 Å². The fourth-order valence-electron chi connectivity index (χ4n) is 2.23. The lowest BCUT2D eigenvalue weighted by Gasteiger charge is -2.13. The second-order valence-electron chi connectivity index (χ2n) is 4.88. The lowest BCUT2D eigenvalue weighted by Crippen LogP contribution is -2.21. The fraction of sp³-hybridized carbons (Fsp3) is 0.176. The molecule has 0 aliphatic heterocycles. The van der Waals surface area contributed by atoms with Crippen LogP contribution >= 0.6 is 23.4 Å². The molecule has 0 N–H and O–H groups in total. The van der Waals surface area contributed by atoms with Crippen LogP contribution in [0.1, 0.15) is 13.3 Å². The lowest BCUT2D eigenvalue weighted by molar-refractivity contribution is 0.818. The van der Waals surface area contributed by atoms with E-state index in [1.54, 1.807) is 34.5 Å². The Labute approximate surface area is 138 Å². The van der Waals surface area contributed by atoms with Gasteiger partial charge in [0.2, 0.25) is 0 Å². The van der Waals surface area contributed by atoms with Gasteiger partial charge in [-0.3, -0.25) is 9.36 Å². The Hall–Kier alpha value is -1.78. The molecular weight excluding hydrogens is 316 g/mol. The van der Waals surface area contributed by atoms with Crippen LogP contribution in [0, 0.1) is 0 Å². The molecule has 0 atom stereocenters. The predicted molar refractivity (Wildman–Crippen MR) is 93.4 cm³/mol. The number of halogens is 1. The molecule has 0 aliphatic carbocycles. The fourth-order valence-corrected chi connectivity index (χ4v) is 3.27. The van der Waals surface area contributed by atoms with E-state index in [-0.39, 0.29) is 5.56 Å².